The summed E-state index contributed by atoms with van der Waals surface area (Å²) >= 11 is 18.5. The van der Waals surface area contributed by atoms with Gasteiger partial charge in [-0.25, -0.2) is 30.0 Å². The second-order valence-corrected chi connectivity index (χ2v) is 38.1. The number of aromatic amines is 5. The van der Waals surface area contributed by atoms with E-state index in [0.717, 1.165) is 110 Å². The summed E-state index contributed by atoms with van der Waals surface area (Å²) in [7, 11) is -5.86. The first kappa shape index (κ1) is 83.2. The number of aromatic nitrogens is 10. The van der Waals surface area contributed by atoms with Gasteiger partial charge >= 0.3 is 12.2 Å². The lowest BCUT2D eigenvalue weighted by atomic mass is 9.78. The highest BCUT2D eigenvalue weighted by Gasteiger charge is 2.41. The quantitative estimate of drug-likeness (QED) is 0.0782. The Morgan fingerprint density at radius 2 is 0.973 bits per heavy atom. The number of nitrogens with two attached hydrogens (primary N) is 1. The number of amides is 3. The average Bonchev–Trinajstić information content (AvgIpc) is 1.32. The van der Waals surface area contributed by atoms with Gasteiger partial charge in [-0.1, -0.05) is 47.6 Å². The smallest absolute Gasteiger partial charge is 0.382 e. The predicted molar refractivity (Wildman–Crippen MR) is 437 cm³/mol. The third-order valence-electron chi connectivity index (χ3n) is 22.2. The minimum Gasteiger partial charge on any atom is -0.382 e. The van der Waals surface area contributed by atoms with E-state index in [-0.39, 0.29) is 35.5 Å². The van der Waals surface area contributed by atoms with Crippen LogP contribution in [0.2, 0.25) is 15.1 Å². The number of piperazine rings is 3. The fraction of sp³-hybridized carbons (Fsp3) is 0.507. The topological polar surface area (TPSA) is 335 Å². The van der Waals surface area contributed by atoms with E-state index in [1.54, 1.807) is 51.0 Å². The van der Waals surface area contributed by atoms with Crippen LogP contribution in [0.3, 0.4) is 0 Å². The van der Waals surface area contributed by atoms with Crippen molar-refractivity contribution in [1.82, 2.24) is 78.6 Å². The SMILES string of the molecule is CC(=O)N1CCC(c2cc(C(F)(F)F)cc3[nH]ncc23)CC1(C)C.CN(C)C(=O)N1CCC(c2cc(Cl)cc3[nH]ncc23)CC1.CS(=O)(=O)N1CCN(c2cc(C3CCCC3)cc3[nH]ncc23)CC1.CS(=O)(=O)N1CCN(c2cc(Cl)cc3[nH]nc(N)c23)CC1.C[C@@H]1CN(c2cc(Cl)cc3[nH]ncc23)C[C@H](C)N1S(C)(=O)=O. The van der Waals surface area contributed by atoms with Crippen LogP contribution in [0.4, 0.5) is 40.8 Å². The Balaban J connectivity index is 0.000000130. The van der Waals surface area contributed by atoms with Gasteiger partial charge in [0.2, 0.25) is 36.0 Å². The van der Waals surface area contributed by atoms with Crippen molar-refractivity contribution in [2.75, 3.05) is 138 Å². The molecule has 7 N–H and O–H groups in total. The first-order valence-electron chi connectivity index (χ1n) is 37.4. The number of nitrogens with zero attached hydrogens (tertiary/aromatic N) is 14. The van der Waals surface area contributed by atoms with Gasteiger partial charge < -0.3 is 35.1 Å². The van der Waals surface area contributed by atoms with E-state index in [1.165, 1.54) is 78.6 Å². The van der Waals surface area contributed by atoms with Crippen molar-refractivity contribution in [1.29, 1.82) is 0 Å². The van der Waals surface area contributed by atoms with E-state index < -0.39 is 41.8 Å². The molecule has 10 aromatic rings. The van der Waals surface area contributed by atoms with Gasteiger partial charge in [-0.3, -0.25) is 30.3 Å². The molecule has 1 saturated carbocycles. The highest BCUT2D eigenvalue weighted by atomic mass is 35.5. The van der Waals surface area contributed by atoms with Gasteiger partial charge in [-0.05, 0) is 161 Å². The van der Waals surface area contributed by atoms with Crippen molar-refractivity contribution in [3.05, 3.63) is 123 Å². The molecule has 606 valence electrons. The summed E-state index contributed by atoms with van der Waals surface area (Å²) in [4.78, 5) is 35.7. The third-order valence-corrected chi connectivity index (χ3v) is 27.0. The largest absolute Gasteiger partial charge is 0.416 e. The Labute approximate surface area is 665 Å². The maximum absolute atomic E-state index is 13.2. The van der Waals surface area contributed by atoms with Crippen molar-refractivity contribution < 1.29 is 48.0 Å². The molecule has 3 atom stereocenters. The van der Waals surface area contributed by atoms with E-state index in [2.05, 4.69) is 77.8 Å². The number of fused-ring (bicyclic) bond motifs is 5. The molecular weight excluding hydrogens is 1570 g/mol. The lowest BCUT2D eigenvalue weighted by Gasteiger charge is -2.45. The number of hydrogen-bond donors (Lipinski definition) is 6. The van der Waals surface area contributed by atoms with E-state index in [0.29, 0.717) is 111 Å². The number of piperidine rings is 2. The van der Waals surface area contributed by atoms with Gasteiger partial charge in [0.1, 0.15) is 0 Å². The zero-order chi connectivity index (χ0) is 80.7. The van der Waals surface area contributed by atoms with Crippen molar-refractivity contribution in [3.63, 3.8) is 0 Å². The number of halogens is 6. The van der Waals surface area contributed by atoms with Crippen molar-refractivity contribution in [3.8, 4) is 0 Å². The van der Waals surface area contributed by atoms with Crippen LogP contribution in [0.5, 0.6) is 0 Å². The Morgan fingerprint density at radius 3 is 1.46 bits per heavy atom. The number of rotatable bonds is 9. The van der Waals surface area contributed by atoms with E-state index in [4.69, 9.17) is 40.5 Å². The van der Waals surface area contributed by atoms with Gasteiger partial charge in [-0.2, -0.15) is 51.6 Å². The van der Waals surface area contributed by atoms with Crippen LogP contribution in [0.15, 0.2) is 85.5 Å². The van der Waals surface area contributed by atoms with Crippen LogP contribution in [-0.2, 0) is 41.0 Å². The Kier molecular flexibility index (Phi) is 25.0. The summed E-state index contributed by atoms with van der Waals surface area (Å²) in [5, 5.41) is 41.6. The molecule has 5 aromatic carbocycles. The number of carbonyl (C=O) groups excluding carboxylic acids is 2. The molecule has 1 aliphatic carbocycles. The fourth-order valence-corrected chi connectivity index (χ4v) is 20.7. The van der Waals surface area contributed by atoms with Crippen molar-refractivity contribution in [2.45, 2.75) is 128 Å². The number of sulfonamides is 3. The fourth-order valence-electron chi connectivity index (χ4n) is 17.0. The molecule has 6 fully saturated rings. The Hall–Kier alpha value is -8.22. The van der Waals surface area contributed by atoms with E-state index >= 15 is 0 Å². The summed E-state index contributed by atoms with van der Waals surface area (Å²) in [6.45, 7) is 17.3. The van der Waals surface area contributed by atoms with Gasteiger partial charge in [0.05, 0.1) is 87.8 Å². The molecule has 16 rings (SSSR count). The number of hydrogen-bond acceptors (Lipinski definition) is 17. The summed E-state index contributed by atoms with van der Waals surface area (Å²) < 4.78 is 115. The number of anilines is 4. The molecule has 0 radical (unpaired) electrons. The molecule has 112 heavy (non-hydrogen) atoms. The minimum atomic E-state index is -4.40. The highest BCUT2D eigenvalue weighted by molar-refractivity contribution is 7.88. The molecule has 5 aromatic heterocycles. The van der Waals surface area contributed by atoms with E-state index in [1.807, 2.05) is 75.3 Å². The number of urea groups is 1. The molecule has 0 bridgehead atoms. The first-order chi connectivity index (χ1) is 52.8. The number of likely N-dealkylation sites (tertiary alicyclic amines) is 2. The number of nitrogen functional groups attached to an aromatic ring is 1. The second-order valence-electron chi connectivity index (χ2n) is 30.9. The zero-order valence-electron chi connectivity index (χ0n) is 64.4. The van der Waals surface area contributed by atoms with Crippen LogP contribution in [0.25, 0.3) is 54.5 Å². The van der Waals surface area contributed by atoms with Crippen molar-refractivity contribution >= 4 is 154 Å². The Morgan fingerprint density at radius 1 is 0.527 bits per heavy atom. The number of nitrogens with one attached hydrogen (secondary N) is 5. The Bertz CT molecular complexity index is 5380. The molecule has 37 heteroatoms. The first-order valence-corrected chi connectivity index (χ1v) is 44.1. The maximum Gasteiger partial charge on any atom is 0.416 e. The van der Waals surface area contributed by atoms with Gasteiger partial charge in [0, 0.05) is 172 Å². The zero-order valence-corrected chi connectivity index (χ0v) is 69.1. The molecule has 5 saturated heterocycles. The number of benzene rings is 5. The third kappa shape index (κ3) is 18.9. The van der Waals surface area contributed by atoms with Crippen LogP contribution >= 0.6 is 34.8 Å². The lowest BCUT2D eigenvalue weighted by Crippen LogP contribution is -2.58. The predicted octanol–water partition coefficient (Wildman–Crippen LogP) is 12.4. The molecular formula is C75H98Cl3F3N20O8S3. The van der Waals surface area contributed by atoms with Crippen LogP contribution in [-0.4, -0.2) is 251 Å². The summed E-state index contributed by atoms with van der Waals surface area (Å²) in [5.41, 5.74) is 15.3. The molecule has 0 spiro atoms. The minimum absolute atomic E-state index is 0.00375. The van der Waals surface area contributed by atoms with Gasteiger partial charge in [0.15, 0.2) is 5.82 Å². The summed E-state index contributed by atoms with van der Waals surface area (Å²) in [6.07, 6.45) is 14.8. The normalized spacial score (nSPS) is 20.1. The monoisotopic (exact) mass is 1660 g/mol. The van der Waals surface area contributed by atoms with Crippen LogP contribution in [0, 0.1) is 0 Å². The van der Waals surface area contributed by atoms with E-state index in [9.17, 15) is 48.0 Å². The number of carbonyl (C=O) groups is 2. The molecule has 3 amide bonds. The summed E-state index contributed by atoms with van der Waals surface area (Å²) in [5.74, 6) is 1.44. The van der Waals surface area contributed by atoms with Crippen LogP contribution in [0.1, 0.15) is 126 Å². The van der Waals surface area contributed by atoms with Gasteiger partial charge in [-0.15, -0.1) is 0 Å². The number of alkyl halides is 3. The molecule has 5 aliphatic heterocycles. The molecule has 10 heterocycles. The molecule has 6 aliphatic rings. The van der Waals surface area contributed by atoms with Gasteiger partial charge in [0.25, 0.3) is 0 Å². The standard InChI is InChI=1S/C17H20F3N3O.C17H24N4O2S.C15H19ClN4O.C14H19ClN4O2S.C12H16ClN5O2S/c1-10(24)23-5-4-11(8-16(23,2)3)13-6-12(17(18,19)20)7-15-14(13)9-21-22-15;1-24(22,23)21-8-6-20(7-9-21)17-11-14(13-4-2-3-5-13)10-16-15(17)12-18-19-16;1-19(2)15(21)20-5-3-10(4-6-20)12-7-11(16)8-14-13(12)9-17-18-14;1-9-7-18(8-10(2)19(9)22(3,20)21)14-5-11(15)4-13-12(14)6-16-17-13;1-21(19,20)18-4-2-17(3-5-18)10-7-8(13)6-9-11(10)12(14)16-15-9/h6-7,9,11H,4-5,8H2,1-3H3,(H,21,22);10-13H,2-9H2,1H3,(H,18,19);7-10H,3-6H2,1-2H3,(H,17,18);4-6,9-10H,7-8H2,1-3H3,(H,16,17);6-7H,2-5H2,1H3,(H3,14,15,16)/t;;;9-,10+;. The molecule has 1 unspecified atom stereocenters. The van der Waals surface area contributed by atoms with Crippen LogP contribution < -0.4 is 20.4 Å². The molecule has 28 nitrogen and oxygen atoms in total. The summed E-state index contributed by atoms with van der Waals surface area (Å²) in [6, 6.07) is 18.1. The second kappa shape index (κ2) is 33.7. The van der Waals surface area contributed by atoms with Crippen molar-refractivity contribution in [2.24, 2.45) is 0 Å². The highest BCUT2D eigenvalue weighted by Crippen LogP contribution is 2.45. The average molecular weight is 1670 g/mol. The lowest BCUT2D eigenvalue weighted by molar-refractivity contribution is -0.137. The maximum atomic E-state index is 13.2. The number of H-pyrrole nitrogens is 5.